The Morgan fingerprint density at radius 1 is 1.69 bits per heavy atom. The van der Waals surface area contributed by atoms with Gasteiger partial charge in [0.25, 0.3) is 0 Å². The predicted molar refractivity (Wildman–Crippen MR) is 55.9 cm³/mol. The van der Waals surface area contributed by atoms with Crippen molar-refractivity contribution in [2.24, 2.45) is 0 Å². The van der Waals surface area contributed by atoms with Crippen LogP contribution in [0, 0.1) is 5.41 Å². The highest BCUT2D eigenvalue weighted by Gasteiger charge is 2.10. The Bertz CT molecular complexity index is 327. The van der Waals surface area contributed by atoms with Crippen molar-refractivity contribution < 1.29 is 4.74 Å². The minimum absolute atomic E-state index is 0.490. The number of methoxy groups -OCH3 is 1. The molecule has 1 heterocycles. The van der Waals surface area contributed by atoms with Gasteiger partial charge in [0.2, 0.25) is 5.88 Å². The Morgan fingerprint density at radius 3 is 2.85 bits per heavy atom. The first-order chi connectivity index (χ1) is 6.24. The number of anilines is 1. The zero-order valence-electron chi connectivity index (χ0n) is 7.39. The summed E-state index contributed by atoms with van der Waals surface area (Å²) in [5.41, 5.74) is 1.45. The van der Waals surface area contributed by atoms with E-state index in [-0.39, 0.29) is 0 Å². The molecule has 1 rings (SSSR count). The van der Waals surface area contributed by atoms with Crippen LogP contribution in [0.25, 0.3) is 0 Å². The first-order valence-corrected chi connectivity index (χ1v) is 4.44. The molecule has 1 aromatic heterocycles. The molecule has 0 fully saturated rings. The Balaban J connectivity index is 3.36. The molecule has 0 aliphatic rings. The van der Waals surface area contributed by atoms with Gasteiger partial charge in [0, 0.05) is 29.5 Å². The van der Waals surface area contributed by atoms with Crippen molar-refractivity contribution in [2.75, 3.05) is 19.5 Å². The molecule has 13 heavy (non-hydrogen) atoms. The van der Waals surface area contributed by atoms with Crippen molar-refractivity contribution in [3.63, 3.8) is 0 Å². The van der Waals surface area contributed by atoms with Gasteiger partial charge < -0.3 is 15.5 Å². The van der Waals surface area contributed by atoms with Crippen molar-refractivity contribution in [1.82, 2.24) is 4.98 Å². The standard InChI is InChI=1S/C8H10BrN3O/c1-11-7-5(3-10)6(9)4-12-8(7)13-2/h3-4,10-11H,1-2H3. The Hall–Kier alpha value is -1.10. The number of nitrogens with zero attached hydrogens (tertiary/aromatic N) is 1. The summed E-state index contributed by atoms with van der Waals surface area (Å²) in [6.07, 6.45) is 2.86. The molecular weight excluding hydrogens is 234 g/mol. The summed E-state index contributed by atoms with van der Waals surface area (Å²) in [6, 6.07) is 0. The molecule has 1 aromatic rings. The highest BCUT2D eigenvalue weighted by molar-refractivity contribution is 9.10. The molecule has 0 saturated heterocycles. The minimum atomic E-state index is 0.490. The topological polar surface area (TPSA) is 58.0 Å². The van der Waals surface area contributed by atoms with Crippen LogP contribution in [-0.2, 0) is 0 Å². The van der Waals surface area contributed by atoms with E-state index < -0.39 is 0 Å². The quantitative estimate of drug-likeness (QED) is 0.798. The molecule has 0 saturated carbocycles. The van der Waals surface area contributed by atoms with E-state index >= 15 is 0 Å². The van der Waals surface area contributed by atoms with Crippen LogP contribution in [0.4, 0.5) is 5.69 Å². The highest BCUT2D eigenvalue weighted by atomic mass is 79.9. The predicted octanol–water partition coefficient (Wildman–Crippen LogP) is 1.89. The molecule has 0 atom stereocenters. The van der Waals surface area contributed by atoms with E-state index in [1.54, 1.807) is 20.4 Å². The van der Waals surface area contributed by atoms with E-state index in [1.807, 2.05) is 0 Å². The van der Waals surface area contributed by atoms with E-state index in [9.17, 15) is 0 Å². The number of hydrogen-bond donors (Lipinski definition) is 2. The minimum Gasteiger partial charge on any atom is -0.480 e. The van der Waals surface area contributed by atoms with Crippen LogP contribution in [0.3, 0.4) is 0 Å². The van der Waals surface area contributed by atoms with Crippen LogP contribution >= 0.6 is 15.9 Å². The zero-order chi connectivity index (χ0) is 9.84. The summed E-state index contributed by atoms with van der Waals surface area (Å²) >= 11 is 3.30. The summed E-state index contributed by atoms with van der Waals surface area (Å²) in [7, 11) is 3.31. The molecule has 0 aliphatic carbocycles. The second-order valence-corrected chi connectivity index (χ2v) is 3.15. The van der Waals surface area contributed by atoms with Gasteiger partial charge in [-0.3, -0.25) is 0 Å². The molecule has 70 valence electrons. The molecule has 5 heteroatoms. The molecule has 0 spiro atoms. The molecule has 0 amide bonds. The van der Waals surface area contributed by atoms with Gasteiger partial charge in [-0.05, 0) is 15.9 Å². The van der Waals surface area contributed by atoms with Crippen LogP contribution in [0.15, 0.2) is 10.7 Å². The van der Waals surface area contributed by atoms with Gasteiger partial charge >= 0.3 is 0 Å². The maximum absolute atomic E-state index is 7.22. The van der Waals surface area contributed by atoms with Crippen molar-refractivity contribution in [3.8, 4) is 5.88 Å². The summed E-state index contributed by atoms with van der Waals surface area (Å²) in [4.78, 5) is 4.04. The lowest BCUT2D eigenvalue weighted by Crippen LogP contribution is -2.01. The number of hydrogen-bond acceptors (Lipinski definition) is 4. The fraction of sp³-hybridized carbons (Fsp3) is 0.250. The second-order valence-electron chi connectivity index (χ2n) is 2.30. The Kier molecular flexibility index (Phi) is 3.25. The number of aromatic nitrogens is 1. The van der Waals surface area contributed by atoms with Gasteiger partial charge in [-0.2, -0.15) is 0 Å². The average Bonchev–Trinajstić information content (AvgIpc) is 2.17. The van der Waals surface area contributed by atoms with Gasteiger partial charge in [-0.1, -0.05) is 0 Å². The lowest BCUT2D eigenvalue weighted by atomic mass is 10.2. The molecule has 0 radical (unpaired) electrons. The maximum atomic E-state index is 7.22. The monoisotopic (exact) mass is 243 g/mol. The molecule has 4 nitrogen and oxygen atoms in total. The van der Waals surface area contributed by atoms with Gasteiger partial charge in [0.15, 0.2) is 0 Å². The normalized spacial score (nSPS) is 9.46. The Morgan fingerprint density at radius 2 is 2.38 bits per heavy atom. The highest BCUT2D eigenvalue weighted by Crippen LogP contribution is 2.29. The molecule has 0 aromatic carbocycles. The van der Waals surface area contributed by atoms with Gasteiger partial charge in [0.05, 0.1) is 7.11 Å². The van der Waals surface area contributed by atoms with Crippen LogP contribution in [-0.4, -0.2) is 25.4 Å². The summed E-state index contributed by atoms with van der Waals surface area (Å²) < 4.78 is 5.81. The van der Waals surface area contributed by atoms with E-state index in [1.165, 1.54) is 6.21 Å². The zero-order valence-corrected chi connectivity index (χ0v) is 8.97. The van der Waals surface area contributed by atoms with E-state index in [4.69, 9.17) is 10.1 Å². The molecular formula is C8H10BrN3O. The third-order valence-electron chi connectivity index (χ3n) is 1.62. The molecule has 0 unspecified atom stereocenters. The molecule has 0 aliphatic heterocycles. The van der Waals surface area contributed by atoms with Crippen LogP contribution in [0.2, 0.25) is 0 Å². The fourth-order valence-electron chi connectivity index (χ4n) is 1.02. The molecule has 2 N–H and O–H groups in total. The van der Waals surface area contributed by atoms with Crippen LogP contribution in [0.1, 0.15) is 5.56 Å². The van der Waals surface area contributed by atoms with Gasteiger partial charge in [-0.25, -0.2) is 4.98 Å². The Labute approximate surface area is 85.0 Å². The van der Waals surface area contributed by atoms with E-state index in [0.717, 1.165) is 10.0 Å². The lowest BCUT2D eigenvalue weighted by Gasteiger charge is -2.10. The SMILES string of the molecule is CNc1c(OC)ncc(Br)c1C=N. The largest absolute Gasteiger partial charge is 0.480 e. The van der Waals surface area contributed by atoms with Gasteiger partial charge in [0.1, 0.15) is 5.69 Å². The van der Waals surface area contributed by atoms with E-state index in [0.29, 0.717) is 11.6 Å². The van der Waals surface area contributed by atoms with Gasteiger partial charge in [-0.15, -0.1) is 0 Å². The van der Waals surface area contributed by atoms with Crippen molar-refractivity contribution in [1.29, 1.82) is 5.41 Å². The second kappa shape index (κ2) is 4.23. The number of nitrogens with one attached hydrogen (secondary N) is 2. The summed E-state index contributed by atoms with van der Waals surface area (Å²) in [6.45, 7) is 0. The number of ether oxygens (including phenoxy) is 1. The smallest absolute Gasteiger partial charge is 0.237 e. The first-order valence-electron chi connectivity index (χ1n) is 3.65. The van der Waals surface area contributed by atoms with E-state index in [2.05, 4.69) is 26.2 Å². The average molecular weight is 244 g/mol. The summed E-state index contributed by atoms with van der Waals surface area (Å²) in [5.74, 6) is 0.490. The number of pyridine rings is 1. The van der Waals surface area contributed by atoms with Crippen LogP contribution in [0.5, 0.6) is 5.88 Å². The maximum Gasteiger partial charge on any atom is 0.237 e. The third-order valence-corrected chi connectivity index (χ3v) is 2.26. The lowest BCUT2D eigenvalue weighted by molar-refractivity contribution is 0.399. The van der Waals surface area contributed by atoms with Crippen LogP contribution < -0.4 is 10.1 Å². The fourth-order valence-corrected chi connectivity index (χ4v) is 1.44. The first kappa shape index (κ1) is 9.98. The third kappa shape index (κ3) is 1.80. The van der Waals surface area contributed by atoms with Crippen molar-refractivity contribution in [3.05, 3.63) is 16.2 Å². The number of rotatable bonds is 3. The molecule has 0 bridgehead atoms. The number of halogens is 1. The van der Waals surface area contributed by atoms with Crippen molar-refractivity contribution in [2.45, 2.75) is 0 Å². The summed E-state index contributed by atoms with van der Waals surface area (Å²) in [5, 5.41) is 10.2. The van der Waals surface area contributed by atoms with Crippen molar-refractivity contribution >= 4 is 27.8 Å².